The van der Waals surface area contributed by atoms with Crippen molar-refractivity contribution in [2.45, 2.75) is 25.7 Å². The molecular weight excluding hydrogens is 331 g/mol. The van der Waals surface area contributed by atoms with Gasteiger partial charge in [-0.05, 0) is 50.2 Å². The normalized spacial score (nSPS) is 15.9. The van der Waals surface area contributed by atoms with E-state index in [4.69, 9.17) is 0 Å². The first-order valence-corrected chi connectivity index (χ1v) is 9.25. The van der Waals surface area contributed by atoms with Gasteiger partial charge in [0.2, 0.25) is 0 Å². The van der Waals surface area contributed by atoms with Crippen molar-refractivity contribution >= 4 is 11.5 Å². The maximum Gasteiger partial charge on any atom is 0.188 e. The lowest BCUT2D eigenvalue weighted by molar-refractivity contribution is 0.296. The summed E-state index contributed by atoms with van der Waals surface area (Å²) in [5.74, 6) is 0.821. The Morgan fingerprint density at radius 1 is 0.962 bits per heavy atom. The van der Waals surface area contributed by atoms with Crippen LogP contribution in [-0.2, 0) is 0 Å². The standard InChI is InChI=1S/C19H23FN6/c20-16-8-4-3-7-15(16)19-23-22-18-10-9-17(24-26(18)19)21-11-14-25-12-5-1-2-6-13-25/h3-4,7-10H,1-2,5-6,11-14H2,(H,21,24). The summed E-state index contributed by atoms with van der Waals surface area (Å²) < 4.78 is 15.7. The zero-order valence-corrected chi connectivity index (χ0v) is 14.7. The summed E-state index contributed by atoms with van der Waals surface area (Å²) in [6, 6.07) is 10.3. The highest BCUT2D eigenvalue weighted by Crippen LogP contribution is 2.21. The van der Waals surface area contributed by atoms with Crippen molar-refractivity contribution in [2.75, 3.05) is 31.5 Å². The lowest BCUT2D eigenvalue weighted by Crippen LogP contribution is -2.30. The quantitative estimate of drug-likeness (QED) is 0.762. The molecule has 3 aromatic rings. The van der Waals surface area contributed by atoms with E-state index < -0.39 is 0 Å². The minimum absolute atomic E-state index is 0.330. The number of halogens is 1. The van der Waals surface area contributed by atoms with Crippen LogP contribution in [0.5, 0.6) is 0 Å². The third-order valence-electron chi connectivity index (χ3n) is 4.81. The van der Waals surface area contributed by atoms with Crippen LogP contribution >= 0.6 is 0 Å². The van der Waals surface area contributed by atoms with Gasteiger partial charge in [-0.15, -0.1) is 15.3 Å². The third kappa shape index (κ3) is 3.67. The first kappa shape index (κ1) is 16.9. The first-order chi connectivity index (χ1) is 12.8. The monoisotopic (exact) mass is 354 g/mol. The molecule has 0 atom stereocenters. The van der Waals surface area contributed by atoms with Gasteiger partial charge in [-0.1, -0.05) is 25.0 Å². The van der Waals surface area contributed by atoms with Crippen LogP contribution in [0.4, 0.5) is 10.2 Å². The van der Waals surface area contributed by atoms with Crippen molar-refractivity contribution in [3.8, 4) is 11.4 Å². The molecule has 3 heterocycles. The number of anilines is 1. The van der Waals surface area contributed by atoms with Crippen LogP contribution in [0.1, 0.15) is 25.7 Å². The third-order valence-corrected chi connectivity index (χ3v) is 4.81. The maximum absolute atomic E-state index is 14.1. The number of benzene rings is 1. The molecule has 26 heavy (non-hydrogen) atoms. The molecule has 0 saturated carbocycles. The fourth-order valence-corrected chi connectivity index (χ4v) is 3.40. The molecule has 0 bridgehead atoms. The van der Waals surface area contributed by atoms with E-state index in [0.29, 0.717) is 17.0 Å². The van der Waals surface area contributed by atoms with Gasteiger partial charge in [0.25, 0.3) is 0 Å². The molecule has 7 heteroatoms. The fourth-order valence-electron chi connectivity index (χ4n) is 3.40. The molecule has 6 nitrogen and oxygen atoms in total. The van der Waals surface area contributed by atoms with Gasteiger partial charge in [-0.2, -0.15) is 4.52 Å². The van der Waals surface area contributed by atoms with E-state index in [-0.39, 0.29) is 5.82 Å². The number of likely N-dealkylation sites (tertiary alicyclic amines) is 1. The predicted molar refractivity (Wildman–Crippen MR) is 99.6 cm³/mol. The molecule has 1 N–H and O–H groups in total. The molecule has 1 fully saturated rings. The van der Waals surface area contributed by atoms with Crippen molar-refractivity contribution in [1.29, 1.82) is 0 Å². The Kier molecular flexibility index (Phi) is 5.06. The zero-order valence-electron chi connectivity index (χ0n) is 14.7. The highest BCUT2D eigenvalue weighted by molar-refractivity contribution is 5.60. The summed E-state index contributed by atoms with van der Waals surface area (Å²) >= 11 is 0. The average Bonchev–Trinajstić information content (AvgIpc) is 2.89. The molecule has 0 amide bonds. The smallest absolute Gasteiger partial charge is 0.188 e. The summed E-state index contributed by atoms with van der Waals surface area (Å²) in [6.45, 7) is 4.19. The van der Waals surface area contributed by atoms with E-state index in [9.17, 15) is 4.39 Å². The molecular formula is C19H23FN6. The van der Waals surface area contributed by atoms with E-state index in [2.05, 4.69) is 25.5 Å². The first-order valence-electron chi connectivity index (χ1n) is 9.25. The lowest BCUT2D eigenvalue weighted by atomic mass is 10.2. The zero-order chi connectivity index (χ0) is 17.8. The summed E-state index contributed by atoms with van der Waals surface area (Å²) in [6.07, 6.45) is 5.26. The Hall–Kier alpha value is -2.54. The van der Waals surface area contributed by atoms with E-state index >= 15 is 0 Å². The largest absolute Gasteiger partial charge is 0.367 e. The van der Waals surface area contributed by atoms with Gasteiger partial charge >= 0.3 is 0 Å². The molecule has 2 aromatic heterocycles. The Bertz CT molecular complexity index is 869. The molecule has 4 rings (SSSR count). The molecule has 1 aliphatic rings. The van der Waals surface area contributed by atoms with Crippen molar-refractivity contribution in [3.05, 3.63) is 42.2 Å². The summed E-state index contributed by atoms with van der Waals surface area (Å²) in [5.41, 5.74) is 0.996. The van der Waals surface area contributed by atoms with Crippen LogP contribution in [0.3, 0.4) is 0 Å². The van der Waals surface area contributed by atoms with Crippen molar-refractivity contribution in [3.63, 3.8) is 0 Å². The molecule has 0 aliphatic carbocycles. The summed E-state index contributed by atoms with van der Waals surface area (Å²) in [5, 5.41) is 16.1. The van der Waals surface area contributed by atoms with Gasteiger partial charge < -0.3 is 10.2 Å². The summed E-state index contributed by atoms with van der Waals surface area (Å²) in [7, 11) is 0. The fraction of sp³-hybridized carbons (Fsp3) is 0.421. The Labute approximate surface area is 152 Å². The van der Waals surface area contributed by atoms with E-state index in [1.165, 1.54) is 44.8 Å². The average molecular weight is 354 g/mol. The summed E-state index contributed by atoms with van der Waals surface area (Å²) in [4.78, 5) is 2.50. The number of aromatic nitrogens is 4. The lowest BCUT2D eigenvalue weighted by Gasteiger charge is -2.19. The van der Waals surface area contributed by atoms with Crippen LogP contribution in [0.15, 0.2) is 36.4 Å². The number of fused-ring (bicyclic) bond motifs is 1. The second kappa shape index (κ2) is 7.78. The topological polar surface area (TPSA) is 58.4 Å². The molecule has 1 saturated heterocycles. The molecule has 0 spiro atoms. The highest BCUT2D eigenvalue weighted by Gasteiger charge is 2.14. The van der Waals surface area contributed by atoms with Crippen LogP contribution < -0.4 is 5.32 Å². The van der Waals surface area contributed by atoms with Crippen molar-refractivity contribution in [2.24, 2.45) is 0 Å². The number of nitrogens with zero attached hydrogens (tertiary/aromatic N) is 5. The molecule has 0 unspecified atom stereocenters. The molecule has 1 aliphatic heterocycles. The number of nitrogens with one attached hydrogen (secondary N) is 1. The van der Waals surface area contributed by atoms with Crippen molar-refractivity contribution in [1.82, 2.24) is 24.7 Å². The Balaban J connectivity index is 1.48. The number of hydrogen-bond acceptors (Lipinski definition) is 5. The van der Waals surface area contributed by atoms with Crippen molar-refractivity contribution < 1.29 is 4.39 Å². The minimum Gasteiger partial charge on any atom is -0.367 e. The predicted octanol–water partition coefficient (Wildman–Crippen LogP) is 3.22. The second-order valence-electron chi connectivity index (χ2n) is 6.67. The van der Waals surface area contributed by atoms with Crippen LogP contribution in [0.25, 0.3) is 17.0 Å². The number of rotatable bonds is 5. The van der Waals surface area contributed by atoms with Crippen LogP contribution in [0.2, 0.25) is 0 Å². The molecule has 0 radical (unpaired) electrons. The Morgan fingerprint density at radius 2 is 1.77 bits per heavy atom. The van der Waals surface area contributed by atoms with Crippen LogP contribution in [-0.4, -0.2) is 50.9 Å². The van der Waals surface area contributed by atoms with Crippen LogP contribution in [0, 0.1) is 5.82 Å². The molecule has 1 aromatic carbocycles. The van der Waals surface area contributed by atoms with Gasteiger partial charge in [-0.3, -0.25) is 0 Å². The maximum atomic E-state index is 14.1. The number of hydrogen-bond donors (Lipinski definition) is 1. The molecule has 136 valence electrons. The van der Waals surface area contributed by atoms with E-state index in [1.54, 1.807) is 22.7 Å². The Morgan fingerprint density at radius 3 is 2.58 bits per heavy atom. The van der Waals surface area contributed by atoms with E-state index in [0.717, 1.165) is 18.9 Å². The van der Waals surface area contributed by atoms with Gasteiger partial charge in [-0.25, -0.2) is 4.39 Å². The van der Waals surface area contributed by atoms with Gasteiger partial charge in [0, 0.05) is 13.1 Å². The van der Waals surface area contributed by atoms with Gasteiger partial charge in [0.05, 0.1) is 5.56 Å². The minimum atomic E-state index is -0.330. The van der Waals surface area contributed by atoms with Gasteiger partial charge in [0.15, 0.2) is 11.5 Å². The second-order valence-corrected chi connectivity index (χ2v) is 6.67. The van der Waals surface area contributed by atoms with Gasteiger partial charge in [0.1, 0.15) is 11.6 Å². The SMILES string of the molecule is Fc1ccccc1-c1nnc2ccc(NCCN3CCCCCC3)nn12. The highest BCUT2D eigenvalue weighted by atomic mass is 19.1. The van der Waals surface area contributed by atoms with E-state index in [1.807, 2.05) is 12.1 Å².